The summed E-state index contributed by atoms with van der Waals surface area (Å²) in [5.41, 5.74) is 3.48. The number of hydrogen-bond donors (Lipinski definition) is 0. The van der Waals surface area contributed by atoms with Crippen LogP contribution in [0.3, 0.4) is 0 Å². The Hall–Kier alpha value is -3.29. The Morgan fingerprint density at radius 1 is 1.13 bits per heavy atom. The number of amides is 1. The van der Waals surface area contributed by atoms with E-state index in [9.17, 15) is 4.79 Å². The van der Waals surface area contributed by atoms with Crippen LogP contribution in [-0.2, 0) is 6.54 Å². The molecule has 1 amide bonds. The highest BCUT2D eigenvalue weighted by atomic mass is 35.5. The zero-order valence-electron chi connectivity index (χ0n) is 16.0. The van der Waals surface area contributed by atoms with Gasteiger partial charge >= 0.3 is 0 Å². The van der Waals surface area contributed by atoms with Gasteiger partial charge in [-0.15, -0.1) is 0 Å². The third kappa shape index (κ3) is 3.32. The maximum Gasteiger partial charge on any atom is 0.279 e. The van der Waals surface area contributed by atoms with Crippen molar-refractivity contribution in [3.8, 4) is 0 Å². The van der Waals surface area contributed by atoms with Crippen LogP contribution >= 0.6 is 22.9 Å². The van der Waals surface area contributed by atoms with E-state index >= 15 is 0 Å². The number of fused-ring (bicyclic) bond motifs is 2. The van der Waals surface area contributed by atoms with Gasteiger partial charge in [-0.05, 0) is 49.4 Å². The van der Waals surface area contributed by atoms with Gasteiger partial charge in [0.25, 0.3) is 5.91 Å². The van der Waals surface area contributed by atoms with Crippen LogP contribution in [0.5, 0.6) is 0 Å². The lowest BCUT2D eigenvalue weighted by Gasteiger charge is -2.19. The summed E-state index contributed by atoms with van der Waals surface area (Å²) in [4.78, 5) is 29.1. The molecule has 4 aromatic heterocycles. The highest BCUT2D eigenvalue weighted by Gasteiger charge is 2.26. The van der Waals surface area contributed by atoms with E-state index in [1.807, 2.05) is 66.1 Å². The molecule has 0 aliphatic heterocycles. The predicted molar refractivity (Wildman–Crippen MR) is 119 cm³/mol. The summed E-state index contributed by atoms with van der Waals surface area (Å²) in [6.45, 7) is 2.14. The molecule has 6 nitrogen and oxygen atoms in total. The summed E-state index contributed by atoms with van der Waals surface area (Å²) in [6.07, 6.45) is 3.56. The summed E-state index contributed by atoms with van der Waals surface area (Å²) in [5, 5.41) is 1.23. The fraction of sp³-hybridized carbons (Fsp3) is 0.0909. The van der Waals surface area contributed by atoms with Gasteiger partial charge in [0, 0.05) is 17.4 Å². The molecule has 0 atom stereocenters. The standard InChI is InChI=1S/C22H16ClN5OS/c1-14-20(27-11-5-3-7-19(27)25-14)21(29)28(13-16-6-2-4-10-24-16)22-26-17-9-8-15(23)12-18(17)30-22/h2-12H,13H2,1H3. The number of nitrogens with zero attached hydrogens (tertiary/aromatic N) is 5. The number of anilines is 1. The van der Waals surface area contributed by atoms with Crippen molar-refractivity contribution in [3.05, 3.63) is 89.1 Å². The molecule has 0 spiro atoms. The molecule has 0 aliphatic rings. The van der Waals surface area contributed by atoms with Crippen molar-refractivity contribution in [2.24, 2.45) is 0 Å². The SMILES string of the molecule is Cc1nc2ccccn2c1C(=O)N(Cc1ccccn1)c1nc2ccc(Cl)cc2s1. The zero-order chi connectivity index (χ0) is 20.7. The van der Waals surface area contributed by atoms with E-state index < -0.39 is 0 Å². The molecule has 4 heterocycles. The molecular formula is C22H16ClN5OS. The molecule has 5 rings (SSSR count). The van der Waals surface area contributed by atoms with Gasteiger partial charge < -0.3 is 0 Å². The molecule has 0 saturated heterocycles. The maximum absolute atomic E-state index is 13.8. The number of aromatic nitrogens is 4. The molecule has 0 fully saturated rings. The van der Waals surface area contributed by atoms with Gasteiger partial charge in [-0.2, -0.15) is 0 Å². The van der Waals surface area contributed by atoms with E-state index in [0.29, 0.717) is 28.1 Å². The number of benzene rings is 1. The Balaban J connectivity index is 1.64. The van der Waals surface area contributed by atoms with E-state index in [1.165, 1.54) is 11.3 Å². The van der Waals surface area contributed by atoms with Crippen LogP contribution in [0.1, 0.15) is 21.9 Å². The minimum Gasteiger partial charge on any atom is -0.295 e. The van der Waals surface area contributed by atoms with Gasteiger partial charge in [-0.25, -0.2) is 9.97 Å². The molecule has 30 heavy (non-hydrogen) atoms. The Morgan fingerprint density at radius 2 is 2.00 bits per heavy atom. The van der Waals surface area contributed by atoms with Crippen LogP contribution in [0.25, 0.3) is 15.9 Å². The summed E-state index contributed by atoms with van der Waals surface area (Å²) < 4.78 is 2.74. The third-order valence-electron chi connectivity index (χ3n) is 4.77. The van der Waals surface area contributed by atoms with Gasteiger partial charge in [0.2, 0.25) is 0 Å². The summed E-state index contributed by atoms with van der Waals surface area (Å²) in [7, 11) is 0. The van der Waals surface area contributed by atoms with Crippen molar-refractivity contribution in [2.75, 3.05) is 4.90 Å². The minimum atomic E-state index is -0.179. The Labute approximate surface area is 181 Å². The van der Waals surface area contributed by atoms with E-state index in [2.05, 4.69) is 9.97 Å². The molecule has 1 aromatic carbocycles. The number of rotatable bonds is 4. The highest BCUT2D eigenvalue weighted by Crippen LogP contribution is 2.32. The molecule has 148 valence electrons. The van der Waals surface area contributed by atoms with Crippen LogP contribution in [0.15, 0.2) is 67.0 Å². The predicted octanol–water partition coefficient (Wildman–Crippen LogP) is 5.15. The zero-order valence-corrected chi connectivity index (χ0v) is 17.6. The molecule has 0 saturated carbocycles. The van der Waals surface area contributed by atoms with Crippen LogP contribution in [0.2, 0.25) is 5.02 Å². The molecule has 0 unspecified atom stereocenters. The van der Waals surface area contributed by atoms with E-state index in [1.54, 1.807) is 17.2 Å². The van der Waals surface area contributed by atoms with Crippen LogP contribution in [-0.4, -0.2) is 25.3 Å². The molecule has 0 aliphatic carbocycles. The second-order valence-corrected chi connectivity index (χ2v) is 8.24. The van der Waals surface area contributed by atoms with Gasteiger partial charge in [-0.3, -0.25) is 19.1 Å². The number of thiazole rings is 1. The number of carbonyl (C=O) groups excluding carboxylic acids is 1. The molecular weight excluding hydrogens is 418 g/mol. The average molecular weight is 434 g/mol. The molecule has 8 heteroatoms. The Kier molecular flexibility index (Phi) is 4.69. The Bertz CT molecular complexity index is 1380. The maximum atomic E-state index is 13.8. The minimum absolute atomic E-state index is 0.179. The van der Waals surface area contributed by atoms with Crippen LogP contribution in [0.4, 0.5) is 5.13 Å². The van der Waals surface area contributed by atoms with Crippen LogP contribution < -0.4 is 4.90 Å². The molecule has 5 aromatic rings. The number of pyridine rings is 2. The number of aryl methyl sites for hydroxylation is 1. The lowest BCUT2D eigenvalue weighted by Crippen LogP contribution is -2.32. The first kappa shape index (κ1) is 18.7. The van der Waals surface area contributed by atoms with Gasteiger partial charge in [0.05, 0.1) is 28.1 Å². The summed E-state index contributed by atoms with van der Waals surface area (Å²) in [5.74, 6) is -0.179. The summed E-state index contributed by atoms with van der Waals surface area (Å²) in [6, 6.07) is 16.8. The monoisotopic (exact) mass is 433 g/mol. The first-order chi connectivity index (χ1) is 14.6. The summed E-state index contributed by atoms with van der Waals surface area (Å²) >= 11 is 7.57. The van der Waals surface area contributed by atoms with Gasteiger partial charge in [0.15, 0.2) is 5.13 Å². The normalized spacial score (nSPS) is 11.3. The number of imidazole rings is 1. The number of halogens is 1. The van der Waals surface area contributed by atoms with E-state index in [4.69, 9.17) is 16.6 Å². The van der Waals surface area contributed by atoms with Crippen molar-refractivity contribution < 1.29 is 4.79 Å². The molecule has 0 bridgehead atoms. The average Bonchev–Trinajstić information content (AvgIpc) is 3.31. The van der Waals surface area contributed by atoms with Crippen LogP contribution in [0, 0.1) is 6.92 Å². The highest BCUT2D eigenvalue weighted by molar-refractivity contribution is 7.22. The number of carbonyl (C=O) groups is 1. The van der Waals surface area contributed by atoms with Crippen molar-refractivity contribution in [3.63, 3.8) is 0 Å². The van der Waals surface area contributed by atoms with Crippen molar-refractivity contribution in [2.45, 2.75) is 13.5 Å². The molecule has 0 N–H and O–H groups in total. The lowest BCUT2D eigenvalue weighted by atomic mass is 10.2. The fourth-order valence-corrected chi connectivity index (χ4v) is 4.62. The van der Waals surface area contributed by atoms with Crippen molar-refractivity contribution in [1.29, 1.82) is 0 Å². The fourth-order valence-electron chi connectivity index (χ4n) is 3.38. The lowest BCUT2D eigenvalue weighted by molar-refractivity contribution is 0.0978. The van der Waals surface area contributed by atoms with Gasteiger partial charge in [-0.1, -0.05) is 35.1 Å². The van der Waals surface area contributed by atoms with Crippen molar-refractivity contribution in [1.82, 2.24) is 19.4 Å². The second-order valence-electron chi connectivity index (χ2n) is 6.80. The first-order valence-electron chi connectivity index (χ1n) is 9.32. The second kappa shape index (κ2) is 7.51. The quantitative estimate of drug-likeness (QED) is 0.393. The van der Waals surface area contributed by atoms with Gasteiger partial charge in [0.1, 0.15) is 11.3 Å². The first-order valence-corrected chi connectivity index (χ1v) is 10.5. The largest absolute Gasteiger partial charge is 0.295 e. The number of hydrogen-bond acceptors (Lipinski definition) is 5. The Morgan fingerprint density at radius 3 is 2.83 bits per heavy atom. The topological polar surface area (TPSA) is 63.4 Å². The smallest absolute Gasteiger partial charge is 0.279 e. The van der Waals surface area contributed by atoms with E-state index in [-0.39, 0.29) is 5.91 Å². The van der Waals surface area contributed by atoms with E-state index in [0.717, 1.165) is 21.6 Å². The third-order valence-corrected chi connectivity index (χ3v) is 6.04. The van der Waals surface area contributed by atoms with Crippen molar-refractivity contribution >= 4 is 49.8 Å². The molecule has 0 radical (unpaired) electrons.